The zero-order chi connectivity index (χ0) is 16.4. The van der Waals surface area contributed by atoms with Gasteiger partial charge in [0.1, 0.15) is 5.75 Å². The number of nitrogens with one attached hydrogen (secondary N) is 1. The Labute approximate surface area is 134 Å². The second-order valence-corrected chi connectivity index (χ2v) is 5.68. The number of hydrogen-bond donors (Lipinski definition) is 2. The zero-order valence-electron chi connectivity index (χ0n) is 13.4. The molecule has 0 aliphatic rings. The quantitative estimate of drug-likeness (QED) is 0.632. The van der Waals surface area contributed by atoms with Crippen molar-refractivity contribution in [3.05, 3.63) is 48.0 Å². The van der Waals surface area contributed by atoms with E-state index in [4.69, 9.17) is 4.74 Å². The van der Waals surface area contributed by atoms with Crippen LogP contribution in [-0.2, 0) is 0 Å². The molecule has 3 aromatic rings. The van der Waals surface area contributed by atoms with Gasteiger partial charge in [-0.2, -0.15) is 5.11 Å². The molecule has 1 heterocycles. The lowest BCUT2D eigenvalue weighted by Gasteiger charge is -2.03. The molecule has 0 amide bonds. The van der Waals surface area contributed by atoms with E-state index in [9.17, 15) is 5.11 Å². The van der Waals surface area contributed by atoms with Crippen LogP contribution in [0.5, 0.6) is 11.6 Å². The standard InChI is InChI=1S/C18H19N3O2/c1-11(2)12-4-6-13(7-5-12)20-21-17-15-9-8-14(23-3)10-16(15)19-18(17)22/h4-11,19,22H,1-3H3. The Kier molecular flexibility index (Phi) is 4.02. The molecule has 0 fully saturated rings. The van der Waals surface area contributed by atoms with Gasteiger partial charge < -0.3 is 14.8 Å². The Balaban J connectivity index is 1.92. The molecule has 0 atom stereocenters. The van der Waals surface area contributed by atoms with Crippen LogP contribution in [0.2, 0.25) is 0 Å². The minimum atomic E-state index is -0.00389. The number of hydrogen-bond acceptors (Lipinski definition) is 4. The lowest BCUT2D eigenvalue weighted by Crippen LogP contribution is -1.84. The Morgan fingerprint density at radius 2 is 1.78 bits per heavy atom. The highest BCUT2D eigenvalue weighted by atomic mass is 16.5. The molecular formula is C18H19N3O2. The van der Waals surface area contributed by atoms with Crippen molar-refractivity contribution in [3.63, 3.8) is 0 Å². The van der Waals surface area contributed by atoms with Crippen molar-refractivity contribution >= 4 is 22.3 Å². The van der Waals surface area contributed by atoms with E-state index < -0.39 is 0 Å². The Bertz CT molecular complexity index is 849. The van der Waals surface area contributed by atoms with Gasteiger partial charge in [0.25, 0.3) is 0 Å². The SMILES string of the molecule is COc1ccc2c(N=Nc3ccc(C(C)C)cc3)c(O)[nH]c2c1. The smallest absolute Gasteiger partial charge is 0.218 e. The van der Waals surface area contributed by atoms with E-state index >= 15 is 0 Å². The van der Waals surface area contributed by atoms with Gasteiger partial charge in [-0.1, -0.05) is 26.0 Å². The van der Waals surface area contributed by atoms with Crippen molar-refractivity contribution in [1.29, 1.82) is 0 Å². The topological polar surface area (TPSA) is 70.0 Å². The molecule has 0 aliphatic carbocycles. The monoisotopic (exact) mass is 309 g/mol. The van der Waals surface area contributed by atoms with Gasteiger partial charge in [-0.05, 0) is 35.7 Å². The number of fused-ring (bicyclic) bond motifs is 1. The first-order chi connectivity index (χ1) is 11.1. The Morgan fingerprint density at radius 1 is 1.04 bits per heavy atom. The number of nitrogens with zero attached hydrogens (tertiary/aromatic N) is 2. The van der Waals surface area contributed by atoms with E-state index in [1.807, 2.05) is 42.5 Å². The summed E-state index contributed by atoms with van der Waals surface area (Å²) in [4.78, 5) is 2.88. The van der Waals surface area contributed by atoms with E-state index in [2.05, 4.69) is 29.1 Å². The predicted octanol–water partition coefficient (Wildman–Crippen LogP) is 5.42. The summed E-state index contributed by atoms with van der Waals surface area (Å²) >= 11 is 0. The maximum atomic E-state index is 10.0. The molecule has 2 N–H and O–H groups in total. The van der Waals surface area contributed by atoms with Gasteiger partial charge in [-0.15, -0.1) is 5.11 Å². The number of methoxy groups -OCH3 is 1. The molecular weight excluding hydrogens is 290 g/mol. The molecule has 0 spiro atoms. The second-order valence-electron chi connectivity index (χ2n) is 5.68. The molecule has 0 bridgehead atoms. The minimum Gasteiger partial charge on any atom is -0.497 e. The summed E-state index contributed by atoms with van der Waals surface area (Å²) in [7, 11) is 1.60. The number of benzene rings is 2. The van der Waals surface area contributed by atoms with Gasteiger partial charge in [0.2, 0.25) is 5.88 Å². The summed E-state index contributed by atoms with van der Waals surface area (Å²) in [6.45, 7) is 4.30. The van der Waals surface area contributed by atoms with E-state index in [-0.39, 0.29) is 5.88 Å². The van der Waals surface area contributed by atoms with Crippen LogP contribution in [0, 0.1) is 0 Å². The summed E-state index contributed by atoms with van der Waals surface area (Å²) < 4.78 is 5.18. The molecule has 5 heteroatoms. The number of rotatable bonds is 4. The first-order valence-electron chi connectivity index (χ1n) is 7.49. The fraction of sp³-hybridized carbons (Fsp3) is 0.222. The first kappa shape index (κ1) is 15.1. The summed E-state index contributed by atoms with van der Waals surface area (Å²) in [5.74, 6) is 1.19. The highest BCUT2D eigenvalue weighted by Gasteiger charge is 2.11. The van der Waals surface area contributed by atoms with Crippen LogP contribution in [0.4, 0.5) is 11.4 Å². The second kappa shape index (κ2) is 6.12. The number of aromatic nitrogens is 1. The van der Waals surface area contributed by atoms with Gasteiger partial charge in [-0.3, -0.25) is 0 Å². The average Bonchev–Trinajstić information content (AvgIpc) is 2.87. The van der Waals surface area contributed by atoms with E-state index in [1.54, 1.807) is 7.11 Å². The fourth-order valence-electron chi connectivity index (χ4n) is 2.41. The van der Waals surface area contributed by atoms with Crippen molar-refractivity contribution in [2.75, 3.05) is 7.11 Å². The lowest BCUT2D eigenvalue weighted by atomic mass is 10.0. The molecule has 118 valence electrons. The van der Waals surface area contributed by atoms with E-state index in [1.165, 1.54) is 5.56 Å². The van der Waals surface area contributed by atoms with Gasteiger partial charge in [-0.25, -0.2) is 0 Å². The van der Waals surface area contributed by atoms with Crippen molar-refractivity contribution in [2.24, 2.45) is 10.2 Å². The van der Waals surface area contributed by atoms with E-state index in [0.29, 0.717) is 17.4 Å². The highest BCUT2D eigenvalue weighted by Crippen LogP contribution is 2.37. The number of azo groups is 1. The number of H-pyrrole nitrogens is 1. The third-order valence-corrected chi connectivity index (χ3v) is 3.78. The molecule has 0 saturated carbocycles. The van der Waals surface area contributed by atoms with E-state index in [0.717, 1.165) is 16.6 Å². The number of ether oxygens (including phenoxy) is 1. The van der Waals surface area contributed by atoms with Gasteiger partial charge in [0, 0.05) is 11.5 Å². The molecule has 5 nitrogen and oxygen atoms in total. The van der Waals surface area contributed by atoms with Crippen LogP contribution in [0.3, 0.4) is 0 Å². The Hall–Kier alpha value is -2.82. The minimum absolute atomic E-state index is 0.00389. The summed E-state index contributed by atoms with van der Waals surface area (Å²) in [5.41, 5.74) is 3.18. The van der Waals surface area contributed by atoms with Gasteiger partial charge in [0.05, 0.1) is 18.3 Å². The number of aromatic hydroxyl groups is 1. The highest BCUT2D eigenvalue weighted by molar-refractivity contribution is 5.94. The van der Waals surface area contributed by atoms with Crippen LogP contribution >= 0.6 is 0 Å². The molecule has 0 saturated heterocycles. The van der Waals surface area contributed by atoms with Crippen molar-refractivity contribution in [2.45, 2.75) is 19.8 Å². The third kappa shape index (κ3) is 3.04. The molecule has 0 unspecified atom stereocenters. The van der Waals surface area contributed by atoms with Crippen LogP contribution in [0.15, 0.2) is 52.7 Å². The normalized spacial score (nSPS) is 11.7. The van der Waals surface area contributed by atoms with Crippen molar-refractivity contribution < 1.29 is 9.84 Å². The molecule has 0 radical (unpaired) electrons. The molecule has 0 aliphatic heterocycles. The first-order valence-corrected chi connectivity index (χ1v) is 7.49. The van der Waals surface area contributed by atoms with Crippen LogP contribution in [0.25, 0.3) is 10.9 Å². The predicted molar refractivity (Wildman–Crippen MR) is 91.2 cm³/mol. The van der Waals surface area contributed by atoms with Crippen molar-refractivity contribution in [1.82, 2.24) is 4.98 Å². The molecule has 3 rings (SSSR count). The Morgan fingerprint density at radius 3 is 2.43 bits per heavy atom. The van der Waals surface area contributed by atoms with Crippen LogP contribution in [0.1, 0.15) is 25.3 Å². The fourth-order valence-corrected chi connectivity index (χ4v) is 2.41. The lowest BCUT2D eigenvalue weighted by molar-refractivity contribution is 0.415. The average molecular weight is 309 g/mol. The largest absolute Gasteiger partial charge is 0.497 e. The summed E-state index contributed by atoms with van der Waals surface area (Å²) in [6.07, 6.45) is 0. The molecule has 1 aromatic heterocycles. The van der Waals surface area contributed by atoms with Crippen LogP contribution < -0.4 is 4.74 Å². The molecule has 23 heavy (non-hydrogen) atoms. The van der Waals surface area contributed by atoms with Gasteiger partial charge >= 0.3 is 0 Å². The third-order valence-electron chi connectivity index (χ3n) is 3.78. The van der Waals surface area contributed by atoms with Crippen LogP contribution in [-0.4, -0.2) is 17.2 Å². The summed E-state index contributed by atoms with van der Waals surface area (Å²) in [5, 5.41) is 19.3. The summed E-state index contributed by atoms with van der Waals surface area (Å²) in [6, 6.07) is 13.4. The van der Waals surface area contributed by atoms with Gasteiger partial charge in [0.15, 0.2) is 5.69 Å². The maximum absolute atomic E-state index is 10.0. The zero-order valence-corrected chi connectivity index (χ0v) is 13.4. The maximum Gasteiger partial charge on any atom is 0.218 e. The molecule has 2 aromatic carbocycles. The van der Waals surface area contributed by atoms with Crippen molar-refractivity contribution in [3.8, 4) is 11.6 Å². The number of aromatic amines is 1.